The maximum absolute atomic E-state index is 11.2. The standard InChI is InChI=1S/C40H40ClN2.C38H47ClN2O6S2.C7H8O3S.Na/c1-39(2)34(42(5)32-22-18-26-12-7-9-16-30(26)36(32)39)24-20-28-14-11-15-29(38(28)41)21-25-35-40(3,4)37-31-17-10-8-13-27(31)19-23-33(37)43(35)6;1-37(2)30-16-5-7-18-32(30)40(24-9-11-26-48(42,43)44)34(37)22-20-28-14-13-15-29(36(28)39)21-23-35-38(3,4)31-17-6-8-19-33(31)41(35)25-10-12-27-49(45,46)47;1-6-2-4-7(5-3-6)11(8,9)10;/h7-10,12-13,16-25H,11,14-15H2,1-6H3;5-8,16-23H,9-15,24-27H2,1-4H3,(H-,42,43,44,45,46,47);2-5H,1H3,(H,8,9,10);/q+1;;;+1/p-2. The zero-order valence-electron chi connectivity index (χ0n) is 61.8. The number of benzene rings is 7. The summed E-state index contributed by atoms with van der Waals surface area (Å²) in [5.41, 5.74) is 19.5. The molecule has 0 saturated carbocycles. The molecule has 0 amide bonds. The van der Waals surface area contributed by atoms with Crippen molar-refractivity contribution in [2.45, 2.75) is 153 Å². The first-order valence-corrected chi connectivity index (χ1v) is 40.8. The number of hydrogen-bond donors (Lipinski definition) is 0. The molecule has 0 radical (unpaired) electrons. The van der Waals surface area contributed by atoms with E-state index in [2.05, 4.69) is 234 Å². The van der Waals surface area contributed by atoms with Crippen LogP contribution in [0.25, 0.3) is 21.5 Å². The molecular weight excluding hydrogens is 1410 g/mol. The second-order valence-corrected chi connectivity index (χ2v) is 35.0. The number of allylic oxidation sites excluding steroid dienone is 16. The third kappa shape index (κ3) is 17.0. The van der Waals surface area contributed by atoms with Crippen molar-refractivity contribution in [3.63, 3.8) is 0 Å². The van der Waals surface area contributed by atoms with E-state index < -0.39 is 30.4 Å². The summed E-state index contributed by atoms with van der Waals surface area (Å²) < 4.78 is 103. The average Bonchev–Trinajstić information content (AvgIpc) is 1.59. The topological polar surface area (TPSA) is 184 Å². The smallest absolute Gasteiger partial charge is 0.748 e. The van der Waals surface area contributed by atoms with Crippen LogP contribution in [-0.2, 0) is 52.0 Å². The van der Waals surface area contributed by atoms with Crippen molar-refractivity contribution in [2.24, 2.45) is 0 Å². The van der Waals surface area contributed by atoms with Crippen LogP contribution in [-0.4, -0.2) is 98.2 Å². The molecule has 4 heterocycles. The van der Waals surface area contributed by atoms with Gasteiger partial charge in [0.15, 0.2) is 11.4 Å². The van der Waals surface area contributed by atoms with Crippen molar-refractivity contribution < 1.29 is 77.6 Å². The normalized spacial score (nSPS) is 19.7. The Morgan fingerprint density at radius 2 is 1.00 bits per heavy atom. The molecule has 0 bridgehead atoms. The Kier molecular flexibility index (Phi) is 24.5. The Bertz CT molecular complexity index is 5210. The molecule has 6 aliphatic rings. The molecular formula is C85H93Cl2N4NaO9S3. The largest absolute Gasteiger partial charge is 1.00 e. The summed E-state index contributed by atoms with van der Waals surface area (Å²) in [6.45, 7) is 21.2. The molecule has 19 heteroatoms. The van der Waals surface area contributed by atoms with Gasteiger partial charge in [-0.1, -0.05) is 184 Å². The molecule has 0 spiro atoms. The summed E-state index contributed by atoms with van der Waals surface area (Å²) in [6, 6.07) is 48.8. The number of fused-ring (bicyclic) bond motifs is 8. The summed E-state index contributed by atoms with van der Waals surface area (Å²) in [5.74, 6) is -0.727. The van der Waals surface area contributed by atoms with Gasteiger partial charge in [-0.3, -0.25) is 0 Å². The molecule has 0 N–H and O–H groups in total. The molecule has 7 aromatic rings. The molecule has 4 aliphatic heterocycles. The quantitative estimate of drug-likeness (QED) is 0.0366. The van der Waals surface area contributed by atoms with Crippen LogP contribution in [0.15, 0.2) is 243 Å². The van der Waals surface area contributed by atoms with E-state index in [-0.39, 0.29) is 67.6 Å². The van der Waals surface area contributed by atoms with Gasteiger partial charge < -0.3 is 23.5 Å². The second-order valence-electron chi connectivity index (χ2n) is 29.8. The Morgan fingerprint density at radius 1 is 0.490 bits per heavy atom. The van der Waals surface area contributed by atoms with E-state index in [9.17, 15) is 38.9 Å². The average molecular weight is 1500 g/mol. The minimum Gasteiger partial charge on any atom is -0.748 e. The van der Waals surface area contributed by atoms with Crippen molar-refractivity contribution in [1.82, 2.24) is 0 Å². The SMILES string of the molecule is CC1(C)C(/C=C/C2=C(Cl)C(=C/C=C3\N(CCCCS(=O)(=O)[O-])c4ccccc4C3(C)C)/CCC2)=[N+](CCCCS(=O)(=O)[O-])c2ccccc21.CN1/C(=C/C=C2/CCCC(/C=C/C3=[N+](C)c4ccc5ccccc5c4C3(C)C)=C2Cl)C(C)(C)c2c1ccc1ccccc21.Cc1ccc(S(=O)(=O)[O-])cc1.[Na+]. The molecule has 0 fully saturated rings. The summed E-state index contributed by atoms with van der Waals surface area (Å²) in [4.78, 5) is 4.42. The fourth-order valence-corrected chi connectivity index (χ4v) is 18.3. The van der Waals surface area contributed by atoms with E-state index in [0.29, 0.717) is 38.8 Å². The van der Waals surface area contributed by atoms with Crippen molar-refractivity contribution in [3.05, 3.63) is 266 Å². The molecule has 13 rings (SSSR count). The van der Waals surface area contributed by atoms with Crippen molar-refractivity contribution in [3.8, 4) is 0 Å². The van der Waals surface area contributed by atoms with Crippen LogP contribution in [0.1, 0.15) is 147 Å². The van der Waals surface area contributed by atoms with E-state index in [1.807, 2.05) is 31.2 Å². The molecule has 7 aromatic carbocycles. The Hall–Kier alpha value is -6.77. The fourth-order valence-electron chi connectivity index (χ4n) is 16.1. The first-order chi connectivity index (χ1) is 48.6. The predicted octanol–water partition coefficient (Wildman–Crippen LogP) is 15.9. The van der Waals surface area contributed by atoms with Gasteiger partial charge in [-0.2, -0.15) is 9.15 Å². The number of aryl methyl sites for hydroxylation is 1. The zero-order chi connectivity index (χ0) is 74.2. The molecule has 0 saturated heterocycles. The van der Waals surface area contributed by atoms with Crippen LogP contribution in [0.2, 0.25) is 0 Å². The Labute approximate surface area is 648 Å². The fraction of sp³-hybridized carbons (Fsp3) is 0.341. The van der Waals surface area contributed by atoms with Crippen molar-refractivity contribution in [1.29, 1.82) is 0 Å². The second kappa shape index (κ2) is 32.0. The van der Waals surface area contributed by atoms with Crippen molar-refractivity contribution >= 4 is 109 Å². The van der Waals surface area contributed by atoms with Crippen LogP contribution in [0.3, 0.4) is 0 Å². The molecule has 540 valence electrons. The number of hydrogen-bond acceptors (Lipinski definition) is 11. The Morgan fingerprint density at radius 3 is 1.59 bits per heavy atom. The third-order valence-corrected chi connectivity index (χ3v) is 24.8. The van der Waals surface area contributed by atoms with Gasteiger partial charge in [-0.15, -0.1) is 0 Å². The van der Waals surface area contributed by atoms with Crippen molar-refractivity contribution in [2.75, 3.05) is 48.5 Å². The van der Waals surface area contributed by atoms with Crippen LogP contribution in [0, 0.1) is 6.92 Å². The first-order valence-electron chi connectivity index (χ1n) is 35.5. The monoisotopic (exact) mass is 1500 g/mol. The number of anilines is 2. The number of para-hydroxylation sites is 2. The predicted molar refractivity (Wildman–Crippen MR) is 420 cm³/mol. The molecule has 0 atom stereocenters. The summed E-state index contributed by atoms with van der Waals surface area (Å²) in [6.07, 6.45) is 25.2. The van der Waals surface area contributed by atoms with E-state index >= 15 is 0 Å². The molecule has 0 aromatic heterocycles. The van der Waals surface area contributed by atoms with Gasteiger partial charge in [0.05, 0.1) is 36.0 Å². The maximum Gasteiger partial charge on any atom is 1.00 e. The van der Waals surface area contributed by atoms with E-state index in [1.54, 1.807) is 12.1 Å². The van der Waals surface area contributed by atoms with Gasteiger partial charge in [0, 0.05) is 111 Å². The van der Waals surface area contributed by atoms with Crippen LogP contribution < -0.4 is 39.4 Å². The number of rotatable bonds is 17. The van der Waals surface area contributed by atoms with E-state index in [1.165, 1.54) is 89.9 Å². The Balaban J connectivity index is 0.000000194. The number of unbranched alkanes of at least 4 members (excludes halogenated alkanes) is 2. The van der Waals surface area contributed by atoms with Gasteiger partial charge in [-0.25, -0.2) is 25.3 Å². The minimum absolute atomic E-state index is 0. The number of likely N-dealkylation sites (N-methyl/N-ethyl adjacent to an activating group) is 1. The minimum atomic E-state index is -4.27. The van der Waals surface area contributed by atoms with Gasteiger partial charge in [0.1, 0.15) is 23.7 Å². The van der Waals surface area contributed by atoms with Gasteiger partial charge in [0.2, 0.25) is 11.4 Å². The molecule has 2 aliphatic carbocycles. The first kappa shape index (κ1) is 79.8. The van der Waals surface area contributed by atoms with Crippen LogP contribution in [0.4, 0.5) is 22.7 Å². The number of halogens is 2. The zero-order valence-corrected chi connectivity index (χ0v) is 67.8. The summed E-state index contributed by atoms with van der Waals surface area (Å²) in [5, 5.41) is 6.90. The van der Waals surface area contributed by atoms with Gasteiger partial charge in [0.25, 0.3) is 0 Å². The third-order valence-electron chi connectivity index (χ3n) is 21.4. The van der Waals surface area contributed by atoms with Gasteiger partial charge in [-0.05, 0) is 190 Å². The maximum atomic E-state index is 11.2. The molecule has 104 heavy (non-hydrogen) atoms. The summed E-state index contributed by atoms with van der Waals surface area (Å²) >= 11 is 14.3. The van der Waals surface area contributed by atoms with E-state index in [4.69, 9.17) is 23.2 Å². The van der Waals surface area contributed by atoms with Gasteiger partial charge >= 0.3 is 29.6 Å². The van der Waals surface area contributed by atoms with E-state index in [0.717, 1.165) is 88.1 Å². The number of nitrogens with zero attached hydrogens (tertiary/aromatic N) is 4. The molecule has 13 nitrogen and oxygen atoms in total. The summed E-state index contributed by atoms with van der Waals surface area (Å²) in [7, 11) is -8.39. The van der Waals surface area contributed by atoms with Crippen LogP contribution >= 0.6 is 23.2 Å². The van der Waals surface area contributed by atoms with Crippen LogP contribution in [0.5, 0.6) is 0 Å². The molecule has 0 unspecified atom stereocenters.